The van der Waals surface area contributed by atoms with Gasteiger partial charge in [-0.3, -0.25) is 14.3 Å². The molecule has 2 aliphatic heterocycles. The molecule has 30 heavy (non-hydrogen) atoms. The van der Waals surface area contributed by atoms with Crippen LogP contribution in [0.15, 0.2) is 18.3 Å². The highest BCUT2D eigenvalue weighted by molar-refractivity contribution is 7.17. The number of piperazine rings is 1. The standard InChI is InChI=1S/C21H33N7OS/c1-2-25-14-16-26(17-15-25)13-9-22-19(29)18-8-7-12-28(18)21-24-23-20(30-21)27-10-5-3-4-6-11-27/h7-8,12H,2-6,9-11,13-17H2,1H3,(H,22,29). The lowest BCUT2D eigenvalue weighted by atomic mass is 10.2. The van der Waals surface area contributed by atoms with E-state index in [4.69, 9.17) is 0 Å². The number of rotatable bonds is 7. The molecule has 0 unspecified atom stereocenters. The van der Waals surface area contributed by atoms with Gasteiger partial charge in [0.25, 0.3) is 5.91 Å². The molecule has 1 N–H and O–H groups in total. The highest BCUT2D eigenvalue weighted by Crippen LogP contribution is 2.26. The predicted molar refractivity (Wildman–Crippen MR) is 121 cm³/mol. The molecule has 9 heteroatoms. The molecular formula is C21H33N7OS. The lowest BCUT2D eigenvalue weighted by molar-refractivity contribution is 0.0931. The normalized spacial score (nSPS) is 19.0. The summed E-state index contributed by atoms with van der Waals surface area (Å²) in [6.07, 6.45) is 6.89. The van der Waals surface area contributed by atoms with Gasteiger partial charge in [-0.25, -0.2) is 0 Å². The molecule has 4 heterocycles. The first-order valence-electron chi connectivity index (χ1n) is 11.2. The predicted octanol–water partition coefficient (Wildman–Crippen LogP) is 2.08. The molecule has 0 bridgehead atoms. The molecule has 0 atom stereocenters. The summed E-state index contributed by atoms with van der Waals surface area (Å²) in [6.45, 7) is 11.3. The van der Waals surface area contributed by atoms with Crippen molar-refractivity contribution in [2.45, 2.75) is 32.6 Å². The molecule has 2 fully saturated rings. The maximum atomic E-state index is 12.8. The van der Waals surface area contributed by atoms with Crippen molar-refractivity contribution in [3.63, 3.8) is 0 Å². The lowest BCUT2D eigenvalue weighted by Crippen LogP contribution is -2.48. The SMILES string of the molecule is CCN1CCN(CCNC(=O)c2cccn2-c2nnc(N3CCCCCC3)s2)CC1. The van der Waals surface area contributed by atoms with Gasteiger partial charge in [-0.05, 0) is 31.5 Å². The first-order chi connectivity index (χ1) is 14.7. The zero-order chi connectivity index (χ0) is 20.8. The minimum Gasteiger partial charge on any atom is -0.349 e. The first-order valence-corrected chi connectivity index (χ1v) is 12.1. The molecule has 2 aromatic heterocycles. The fourth-order valence-electron chi connectivity index (χ4n) is 4.18. The Morgan fingerprint density at radius 1 is 1.00 bits per heavy atom. The van der Waals surface area contributed by atoms with Crippen LogP contribution in [0.2, 0.25) is 0 Å². The van der Waals surface area contributed by atoms with Crippen molar-refractivity contribution < 1.29 is 4.79 Å². The summed E-state index contributed by atoms with van der Waals surface area (Å²) in [4.78, 5) is 20.0. The van der Waals surface area contributed by atoms with Crippen LogP contribution in [-0.2, 0) is 0 Å². The van der Waals surface area contributed by atoms with E-state index in [-0.39, 0.29) is 5.91 Å². The largest absolute Gasteiger partial charge is 0.349 e. The molecule has 4 rings (SSSR count). The number of nitrogens with zero attached hydrogens (tertiary/aromatic N) is 6. The number of amides is 1. The number of aromatic nitrogens is 3. The molecule has 0 aliphatic carbocycles. The number of hydrogen-bond donors (Lipinski definition) is 1. The van der Waals surface area contributed by atoms with Crippen LogP contribution in [0.4, 0.5) is 5.13 Å². The minimum atomic E-state index is -0.0567. The third-order valence-corrected chi connectivity index (χ3v) is 7.08. The van der Waals surface area contributed by atoms with Gasteiger partial charge in [-0.15, -0.1) is 10.2 Å². The number of anilines is 1. The van der Waals surface area contributed by atoms with Gasteiger partial charge < -0.3 is 15.1 Å². The van der Waals surface area contributed by atoms with E-state index in [0.29, 0.717) is 12.2 Å². The molecule has 0 radical (unpaired) electrons. The summed E-state index contributed by atoms with van der Waals surface area (Å²) in [7, 11) is 0. The van der Waals surface area contributed by atoms with Crippen LogP contribution in [-0.4, -0.2) is 89.4 Å². The van der Waals surface area contributed by atoms with Gasteiger partial charge in [-0.1, -0.05) is 31.1 Å². The van der Waals surface area contributed by atoms with Crippen molar-refractivity contribution in [2.75, 3.05) is 63.8 Å². The van der Waals surface area contributed by atoms with Crippen LogP contribution in [0.5, 0.6) is 0 Å². The van der Waals surface area contributed by atoms with E-state index in [1.165, 1.54) is 25.7 Å². The third-order valence-electron chi connectivity index (χ3n) is 6.09. The van der Waals surface area contributed by atoms with Crippen LogP contribution in [0.3, 0.4) is 0 Å². The monoisotopic (exact) mass is 431 g/mol. The molecule has 0 spiro atoms. The van der Waals surface area contributed by atoms with E-state index in [2.05, 4.69) is 37.1 Å². The maximum Gasteiger partial charge on any atom is 0.268 e. The zero-order valence-corrected chi connectivity index (χ0v) is 18.7. The Bertz CT molecular complexity index is 804. The fourth-order valence-corrected chi connectivity index (χ4v) is 5.07. The van der Waals surface area contributed by atoms with Gasteiger partial charge in [0, 0.05) is 58.6 Å². The molecule has 2 saturated heterocycles. The van der Waals surface area contributed by atoms with Crippen LogP contribution in [0, 0.1) is 0 Å². The van der Waals surface area contributed by atoms with Gasteiger partial charge in [0.1, 0.15) is 5.69 Å². The Hall–Kier alpha value is -1.97. The first kappa shape index (κ1) is 21.3. The summed E-state index contributed by atoms with van der Waals surface area (Å²) in [5.74, 6) is -0.0567. The average molecular weight is 432 g/mol. The Morgan fingerprint density at radius 3 is 2.43 bits per heavy atom. The summed E-state index contributed by atoms with van der Waals surface area (Å²) in [5, 5.41) is 13.6. The van der Waals surface area contributed by atoms with Crippen molar-refractivity contribution >= 4 is 22.4 Å². The topological polar surface area (TPSA) is 69.5 Å². The number of carbonyl (C=O) groups excluding carboxylic acids is 1. The Balaban J connectivity index is 1.32. The summed E-state index contributed by atoms with van der Waals surface area (Å²) in [5.41, 5.74) is 0.615. The van der Waals surface area contributed by atoms with Crippen molar-refractivity contribution in [3.05, 3.63) is 24.0 Å². The minimum absolute atomic E-state index is 0.0567. The van der Waals surface area contributed by atoms with Gasteiger partial charge in [0.05, 0.1) is 0 Å². The van der Waals surface area contributed by atoms with Crippen molar-refractivity contribution in [1.29, 1.82) is 0 Å². The Kier molecular flexibility index (Phi) is 7.35. The molecule has 0 saturated carbocycles. The molecule has 8 nitrogen and oxygen atoms in total. The molecule has 164 valence electrons. The Morgan fingerprint density at radius 2 is 1.70 bits per heavy atom. The maximum absolute atomic E-state index is 12.8. The molecule has 2 aliphatic rings. The highest BCUT2D eigenvalue weighted by atomic mass is 32.1. The fraction of sp³-hybridized carbons (Fsp3) is 0.667. The molecule has 1 amide bonds. The van der Waals surface area contributed by atoms with E-state index in [9.17, 15) is 4.79 Å². The summed E-state index contributed by atoms with van der Waals surface area (Å²) >= 11 is 1.56. The smallest absolute Gasteiger partial charge is 0.268 e. The van der Waals surface area contributed by atoms with E-state index in [0.717, 1.165) is 62.6 Å². The van der Waals surface area contributed by atoms with Gasteiger partial charge >= 0.3 is 0 Å². The zero-order valence-electron chi connectivity index (χ0n) is 17.9. The number of nitrogens with one attached hydrogen (secondary N) is 1. The van der Waals surface area contributed by atoms with Crippen LogP contribution in [0.25, 0.3) is 5.13 Å². The molecule has 0 aromatic carbocycles. The van der Waals surface area contributed by atoms with Gasteiger partial charge in [-0.2, -0.15) is 0 Å². The van der Waals surface area contributed by atoms with E-state index in [1.807, 2.05) is 22.9 Å². The van der Waals surface area contributed by atoms with E-state index in [1.54, 1.807) is 11.3 Å². The summed E-state index contributed by atoms with van der Waals surface area (Å²) < 4.78 is 1.86. The second-order valence-electron chi connectivity index (χ2n) is 8.06. The van der Waals surface area contributed by atoms with Crippen molar-refractivity contribution in [2.24, 2.45) is 0 Å². The third kappa shape index (κ3) is 5.19. The number of hydrogen-bond acceptors (Lipinski definition) is 7. The van der Waals surface area contributed by atoms with Crippen molar-refractivity contribution in [1.82, 2.24) is 29.9 Å². The summed E-state index contributed by atoms with van der Waals surface area (Å²) in [6, 6.07) is 3.74. The average Bonchev–Trinajstić information content (AvgIpc) is 3.38. The quantitative estimate of drug-likeness (QED) is 0.724. The highest BCUT2D eigenvalue weighted by Gasteiger charge is 2.19. The van der Waals surface area contributed by atoms with Crippen molar-refractivity contribution in [3.8, 4) is 5.13 Å². The van der Waals surface area contributed by atoms with E-state index < -0.39 is 0 Å². The second kappa shape index (κ2) is 10.4. The van der Waals surface area contributed by atoms with Gasteiger partial charge in [0.15, 0.2) is 0 Å². The van der Waals surface area contributed by atoms with E-state index >= 15 is 0 Å². The van der Waals surface area contributed by atoms with Crippen LogP contribution < -0.4 is 10.2 Å². The number of likely N-dealkylation sites (N-methyl/N-ethyl adjacent to an activating group) is 1. The lowest BCUT2D eigenvalue weighted by Gasteiger charge is -2.33. The van der Waals surface area contributed by atoms with Gasteiger partial charge in [0.2, 0.25) is 10.3 Å². The second-order valence-corrected chi connectivity index (χ2v) is 9.00. The molecular weight excluding hydrogens is 398 g/mol. The molecule has 2 aromatic rings. The van der Waals surface area contributed by atoms with Crippen LogP contribution in [0.1, 0.15) is 43.1 Å². The van der Waals surface area contributed by atoms with Crippen LogP contribution >= 0.6 is 11.3 Å². The number of carbonyl (C=O) groups is 1. The Labute approximate surface area is 182 Å².